The molecule has 0 aliphatic rings. The fourth-order valence-electron chi connectivity index (χ4n) is 2.56. The van der Waals surface area contributed by atoms with E-state index in [1.54, 1.807) is 13.0 Å². The molecular weight excluding hydrogens is 392 g/mol. The van der Waals surface area contributed by atoms with E-state index in [1.807, 2.05) is 38.1 Å². The average Bonchev–Trinajstić information content (AvgIpc) is 3.07. The molecule has 0 unspecified atom stereocenters. The molecule has 0 saturated heterocycles. The van der Waals surface area contributed by atoms with Crippen LogP contribution in [-0.2, 0) is 14.4 Å². The van der Waals surface area contributed by atoms with Gasteiger partial charge in [-0.3, -0.25) is 14.4 Å². The van der Waals surface area contributed by atoms with Crippen LogP contribution in [0.2, 0.25) is 0 Å². The number of nitrogens with zero attached hydrogens (tertiary/aromatic N) is 2. The van der Waals surface area contributed by atoms with Gasteiger partial charge in [-0.25, -0.2) is 0 Å². The molecule has 3 amide bonds. The highest BCUT2D eigenvalue weighted by Crippen LogP contribution is 2.13. The topological polar surface area (TPSA) is 105 Å². The summed E-state index contributed by atoms with van der Waals surface area (Å²) in [5, 5.41) is 9.13. The lowest BCUT2D eigenvalue weighted by Gasteiger charge is -2.21. The normalized spacial score (nSPS) is 10.4. The minimum Gasteiger partial charge on any atom is -0.360 e. The quantitative estimate of drug-likeness (QED) is 0.615. The van der Waals surface area contributed by atoms with Gasteiger partial charge in [-0.1, -0.05) is 30.3 Å². The summed E-state index contributed by atoms with van der Waals surface area (Å²) >= 11 is 1.19. The van der Waals surface area contributed by atoms with E-state index in [1.165, 1.54) is 16.7 Å². The fraction of sp³-hybridized carbons (Fsp3) is 0.400. The summed E-state index contributed by atoms with van der Waals surface area (Å²) < 4.78 is 4.88. The molecule has 8 nitrogen and oxygen atoms in total. The summed E-state index contributed by atoms with van der Waals surface area (Å²) in [6.45, 7) is 6.04. The molecule has 0 atom stereocenters. The SMILES string of the molecule is CCCN(CC(=O)Nc1ccccc1C)C(=O)CSCC(=O)Nc1cc(C)on1. The number of aryl methyl sites for hydroxylation is 2. The molecular formula is C20H26N4O4S. The average molecular weight is 419 g/mol. The van der Waals surface area contributed by atoms with Crippen LogP contribution in [0.25, 0.3) is 0 Å². The third kappa shape index (κ3) is 7.61. The molecule has 9 heteroatoms. The molecule has 29 heavy (non-hydrogen) atoms. The van der Waals surface area contributed by atoms with Crippen LogP contribution in [0.5, 0.6) is 0 Å². The second-order valence-electron chi connectivity index (χ2n) is 6.54. The summed E-state index contributed by atoms with van der Waals surface area (Å²) in [6, 6.07) is 9.09. The number of benzene rings is 1. The second kappa shape index (κ2) is 11.3. The molecule has 0 bridgehead atoms. The van der Waals surface area contributed by atoms with Crippen LogP contribution in [0.4, 0.5) is 11.5 Å². The standard InChI is InChI=1S/C20H26N4O4S/c1-4-9-24(11-18(25)21-16-8-6-5-7-14(16)2)20(27)13-29-12-19(26)22-17-10-15(3)28-23-17/h5-8,10H,4,9,11-13H2,1-3H3,(H,21,25)(H,22,23,26). The minimum atomic E-state index is -0.268. The van der Waals surface area contributed by atoms with Crippen LogP contribution >= 0.6 is 11.8 Å². The van der Waals surface area contributed by atoms with E-state index < -0.39 is 0 Å². The summed E-state index contributed by atoms with van der Waals surface area (Å²) in [6.07, 6.45) is 0.736. The fourth-order valence-corrected chi connectivity index (χ4v) is 3.28. The Morgan fingerprint density at radius 2 is 1.86 bits per heavy atom. The number of anilines is 2. The van der Waals surface area contributed by atoms with Crippen molar-refractivity contribution in [1.29, 1.82) is 0 Å². The van der Waals surface area contributed by atoms with Gasteiger partial charge in [0.05, 0.1) is 18.1 Å². The Bertz CT molecular complexity index is 853. The van der Waals surface area contributed by atoms with Gasteiger partial charge in [-0.05, 0) is 31.9 Å². The van der Waals surface area contributed by atoms with Gasteiger partial charge in [-0.15, -0.1) is 11.8 Å². The lowest BCUT2D eigenvalue weighted by Crippen LogP contribution is -2.39. The van der Waals surface area contributed by atoms with Gasteiger partial charge in [0, 0.05) is 18.3 Å². The number of hydrogen-bond acceptors (Lipinski definition) is 6. The third-order valence-electron chi connectivity index (χ3n) is 3.95. The Balaban J connectivity index is 1.79. The molecule has 1 heterocycles. The molecule has 2 rings (SSSR count). The highest BCUT2D eigenvalue weighted by atomic mass is 32.2. The molecule has 2 N–H and O–H groups in total. The van der Waals surface area contributed by atoms with Gasteiger partial charge >= 0.3 is 0 Å². The lowest BCUT2D eigenvalue weighted by atomic mass is 10.2. The van der Waals surface area contributed by atoms with Crippen molar-refractivity contribution >= 4 is 41.0 Å². The maximum Gasteiger partial charge on any atom is 0.244 e. The van der Waals surface area contributed by atoms with Crippen LogP contribution in [0.15, 0.2) is 34.9 Å². The van der Waals surface area contributed by atoms with E-state index in [0.29, 0.717) is 18.1 Å². The number of nitrogens with one attached hydrogen (secondary N) is 2. The predicted octanol–water partition coefficient (Wildman–Crippen LogP) is 2.84. The molecule has 1 aromatic heterocycles. The monoisotopic (exact) mass is 418 g/mol. The van der Waals surface area contributed by atoms with Crippen molar-refractivity contribution in [2.75, 3.05) is 35.2 Å². The van der Waals surface area contributed by atoms with E-state index in [4.69, 9.17) is 4.52 Å². The number of amides is 3. The van der Waals surface area contributed by atoms with Crippen LogP contribution in [-0.4, -0.2) is 52.4 Å². The minimum absolute atomic E-state index is 0.0218. The van der Waals surface area contributed by atoms with Gasteiger partial charge in [0.2, 0.25) is 17.7 Å². The largest absolute Gasteiger partial charge is 0.360 e. The van der Waals surface area contributed by atoms with Crippen molar-refractivity contribution in [3.05, 3.63) is 41.7 Å². The third-order valence-corrected chi connectivity index (χ3v) is 4.87. The molecule has 156 valence electrons. The summed E-state index contributed by atoms with van der Waals surface area (Å²) in [7, 11) is 0. The number of aromatic nitrogens is 1. The van der Waals surface area contributed by atoms with Crippen molar-refractivity contribution in [3.8, 4) is 0 Å². The number of thioether (sulfide) groups is 1. The number of carbonyl (C=O) groups excluding carboxylic acids is 3. The Hall–Kier alpha value is -2.81. The number of para-hydroxylation sites is 1. The van der Waals surface area contributed by atoms with Crippen molar-refractivity contribution in [3.63, 3.8) is 0 Å². The molecule has 0 spiro atoms. The Kier molecular flexibility index (Phi) is 8.72. The first-order valence-corrected chi connectivity index (χ1v) is 10.5. The Labute approximate surface area is 174 Å². The van der Waals surface area contributed by atoms with Crippen LogP contribution in [0.3, 0.4) is 0 Å². The van der Waals surface area contributed by atoms with Crippen molar-refractivity contribution in [1.82, 2.24) is 10.1 Å². The predicted molar refractivity (Wildman–Crippen MR) is 114 cm³/mol. The Morgan fingerprint density at radius 1 is 1.10 bits per heavy atom. The zero-order valence-corrected chi connectivity index (χ0v) is 17.7. The van der Waals surface area contributed by atoms with Gasteiger partial charge < -0.3 is 20.1 Å². The first-order valence-electron chi connectivity index (χ1n) is 9.33. The summed E-state index contributed by atoms with van der Waals surface area (Å²) in [5.41, 5.74) is 1.69. The molecule has 2 aromatic rings. The lowest BCUT2D eigenvalue weighted by molar-refractivity contribution is -0.132. The maximum absolute atomic E-state index is 12.5. The summed E-state index contributed by atoms with van der Waals surface area (Å²) in [4.78, 5) is 38.3. The molecule has 0 saturated carbocycles. The molecule has 0 aliphatic heterocycles. The van der Waals surface area contributed by atoms with E-state index in [-0.39, 0.29) is 35.8 Å². The zero-order chi connectivity index (χ0) is 21.2. The second-order valence-corrected chi connectivity index (χ2v) is 7.53. The van der Waals surface area contributed by atoms with E-state index in [9.17, 15) is 14.4 Å². The van der Waals surface area contributed by atoms with Crippen molar-refractivity contribution in [2.24, 2.45) is 0 Å². The van der Waals surface area contributed by atoms with Gasteiger partial charge in [-0.2, -0.15) is 0 Å². The zero-order valence-electron chi connectivity index (χ0n) is 16.9. The van der Waals surface area contributed by atoms with Crippen LogP contribution in [0, 0.1) is 13.8 Å². The first kappa shape index (κ1) is 22.5. The first-order chi connectivity index (χ1) is 13.9. The van der Waals surface area contributed by atoms with Gasteiger partial charge in [0.25, 0.3) is 0 Å². The van der Waals surface area contributed by atoms with E-state index in [2.05, 4.69) is 15.8 Å². The highest BCUT2D eigenvalue weighted by Gasteiger charge is 2.17. The van der Waals surface area contributed by atoms with E-state index >= 15 is 0 Å². The van der Waals surface area contributed by atoms with Crippen molar-refractivity contribution in [2.45, 2.75) is 27.2 Å². The summed E-state index contributed by atoms with van der Waals surface area (Å²) in [5.74, 6) is 0.473. The number of carbonyl (C=O) groups is 3. The van der Waals surface area contributed by atoms with Crippen molar-refractivity contribution < 1.29 is 18.9 Å². The molecule has 0 radical (unpaired) electrons. The highest BCUT2D eigenvalue weighted by molar-refractivity contribution is 8.00. The van der Waals surface area contributed by atoms with Gasteiger partial charge in [0.15, 0.2) is 5.82 Å². The molecule has 0 fully saturated rings. The van der Waals surface area contributed by atoms with Gasteiger partial charge in [0.1, 0.15) is 5.76 Å². The Morgan fingerprint density at radius 3 is 2.52 bits per heavy atom. The molecule has 0 aliphatic carbocycles. The number of rotatable bonds is 10. The molecule has 1 aromatic carbocycles. The number of hydrogen-bond donors (Lipinski definition) is 2. The van der Waals surface area contributed by atoms with Crippen LogP contribution in [0.1, 0.15) is 24.7 Å². The maximum atomic E-state index is 12.5. The van der Waals surface area contributed by atoms with Crippen LogP contribution < -0.4 is 10.6 Å². The van der Waals surface area contributed by atoms with E-state index in [0.717, 1.165) is 17.7 Å². The smallest absolute Gasteiger partial charge is 0.244 e.